The molecule has 0 radical (unpaired) electrons. The Labute approximate surface area is 207 Å². The van der Waals surface area contributed by atoms with Crippen molar-refractivity contribution in [3.8, 4) is 5.75 Å². The van der Waals surface area contributed by atoms with Gasteiger partial charge in [0, 0.05) is 26.2 Å². The number of amides is 1. The predicted octanol–water partition coefficient (Wildman–Crippen LogP) is 3.24. The Balaban J connectivity index is 1.51. The van der Waals surface area contributed by atoms with Crippen LogP contribution in [0.25, 0.3) is 0 Å². The summed E-state index contributed by atoms with van der Waals surface area (Å²) in [5.74, 6) is 0.573. The van der Waals surface area contributed by atoms with Gasteiger partial charge in [-0.2, -0.15) is 4.72 Å². The van der Waals surface area contributed by atoms with Crippen LogP contribution in [-0.4, -0.2) is 58.6 Å². The topological polar surface area (TPSA) is 79.0 Å². The van der Waals surface area contributed by atoms with Gasteiger partial charge in [0.25, 0.3) is 0 Å². The van der Waals surface area contributed by atoms with E-state index >= 15 is 0 Å². The standard InChI is InChI=1S/C27H31N3O4S/c1-21-12-14-23(15-13-21)35(32,33)28-24(20-22-8-4-3-5-9-22)27(31)30-18-16-29(17-19-30)25-10-6-7-11-26(25)34-2/h3-15,24,28H,16-20H2,1-2H3/t24-/m0/s1. The third-order valence-electron chi connectivity index (χ3n) is 6.23. The summed E-state index contributed by atoms with van der Waals surface area (Å²) < 4.78 is 34.4. The Kier molecular flexibility index (Phi) is 7.73. The van der Waals surface area contributed by atoms with Gasteiger partial charge in [0.15, 0.2) is 0 Å². The molecule has 0 bridgehead atoms. The van der Waals surface area contributed by atoms with Gasteiger partial charge in [0.1, 0.15) is 11.8 Å². The molecule has 1 heterocycles. The average Bonchev–Trinajstić information content (AvgIpc) is 2.88. The van der Waals surface area contributed by atoms with Crippen molar-refractivity contribution >= 4 is 21.6 Å². The molecule has 0 saturated carbocycles. The quantitative estimate of drug-likeness (QED) is 0.521. The number of piperazine rings is 1. The van der Waals surface area contributed by atoms with Crippen LogP contribution < -0.4 is 14.4 Å². The van der Waals surface area contributed by atoms with Gasteiger partial charge < -0.3 is 14.5 Å². The molecule has 3 aromatic carbocycles. The zero-order chi connectivity index (χ0) is 24.8. The first-order valence-electron chi connectivity index (χ1n) is 11.7. The number of para-hydroxylation sites is 2. The van der Waals surface area contributed by atoms with Crippen LogP contribution in [0, 0.1) is 6.92 Å². The van der Waals surface area contributed by atoms with Crippen molar-refractivity contribution in [3.05, 3.63) is 90.0 Å². The van der Waals surface area contributed by atoms with E-state index in [0.29, 0.717) is 26.2 Å². The maximum atomic E-state index is 13.6. The van der Waals surface area contributed by atoms with Crippen molar-refractivity contribution in [1.82, 2.24) is 9.62 Å². The summed E-state index contributed by atoms with van der Waals surface area (Å²) in [5, 5.41) is 0. The van der Waals surface area contributed by atoms with E-state index in [1.165, 1.54) is 0 Å². The summed E-state index contributed by atoms with van der Waals surface area (Å²) in [5.41, 5.74) is 2.85. The minimum atomic E-state index is -3.87. The number of methoxy groups -OCH3 is 1. The minimum absolute atomic E-state index is 0.148. The van der Waals surface area contributed by atoms with Gasteiger partial charge in [-0.15, -0.1) is 0 Å². The van der Waals surface area contributed by atoms with E-state index in [1.54, 1.807) is 36.3 Å². The lowest BCUT2D eigenvalue weighted by Gasteiger charge is -2.38. The summed E-state index contributed by atoms with van der Waals surface area (Å²) in [6.45, 7) is 4.16. The highest BCUT2D eigenvalue weighted by Gasteiger charge is 2.31. The second-order valence-electron chi connectivity index (χ2n) is 8.66. The van der Waals surface area contributed by atoms with Crippen LogP contribution in [0.1, 0.15) is 11.1 Å². The molecule has 1 fully saturated rings. The van der Waals surface area contributed by atoms with Gasteiger partial charge >= 0.3 is 0 Å². The lowest BCUT2D eigenvalue weighted by Crippen LogP contribution is -2.55. The highest BCUT2D eigenvalue weighted by Crippen LogP contribution is 2.28. The summed E-state index contributed by atoms with van der Waals surface area (Å²) in [4.78, 5) is 17.7. The molecule has 1 aliphatic rings. The van der Waals surface area contributed by atoms with Crippen molar-refractivity contribution in [3.63, 3.8) is 0 Å². The number of hydrogen-bond acceptors (Lipinski definition) is 5. The number of hydrogen-bond donors (Lipinski definition) is 1. The van der Waals surface area contributed by atoms with Crippen LogP contribution in [0.3, 0.4) is 0 Å². The van der Waals surface area contributed by atoms with E-state index in [2.05, 4.69) is 9.62 Å². The molecular formula is C27H31N3O4S. The van der Waals surface area contributed by atoms with Crippen molar-refractivity contribution in [1.29, 1.82) is 0 Å². The summed E-state index contributed by atoms with van der Waals surface area (Å²) in [6.07, 6.45) is 0.275. The fraction of sp³-hybridized carbons (Fsp3) is 0.296. The molecule has 184 valence electrons. The molecule has 7 nitrogen and oxygen atoms in total. The molecule has 0 aliphatic carbocycles. The fourth-order valence-corrected chi connectivity index (χ4v) is 5.47. The lowest BCUT2D eigenvalue weighted by molar-refractivity contribution is -0.133. The van der Waals surface area contributed by atoms with Crippen molar-refractivity contribution in [2.75, 3.05) is 38.2 Å². The summed E-state index contributed by atoms with van der Waals surface area (Å²) in [6, 6.07) is 23.0. The zero-order valence-electron chi connectivity index (χ0n) is 20.1. The molecule has 1 N–H and O–H groups in total. The number of aryl methyl sites for hydroxylation is 1. The van der Waals surface area contributed by atoms with Crippen LogP contribution in [-0.2, 0) is 21.2 Å². The monoisotopic (exact) mass is 493 g/mol. The van der Waals surface area contributed by atoms with Crippen LogP contribution >= 0.6 is 0 Å². The van der Waals surface area contributed by atoms with E-state index < -0.39 is 16.1 Å². The van der Waals surface area contributed by atoms with Gasteiger partial charge in [0.2, 0.25) is 15.9 Å². The van der Waals surface area contributed by atoms with Crippen LogP contribution in [0.5, 0.6) is 5.75 Å². The molecule has 4 rings (SSSR count). The first kappa shape index (κ1) is 24.8. The van der Waals surface area contributed by atoms with Gasteiger partial charge in [-0.1, -0.05) is 60.2 Å². The Morgan fingerprint density at radius 2 is 1.54 bits per heavy atom. The Morgan fingerprint density at radius 1 is 0.914 bits per heavy atom. The van der Waals surface area contributed by atoms with Gasteiger partial charge in [-0.05, 0) is 43.2 Å². The molecule has 1 amide bonds. The lowest BCUT2D eigenvalue weighted by atomic mass is 10.1. The van der Waals surface area contributed by atoms with E-state index in [1.807, 2.05) is 61.5 Å². The first-order chi connectivity index (χ1) is 16.9. The maximum Gasteiger partial charge on any atom is 0.241 e. The number of nitrogens with one attached hydrogen (secondary N) is 1. The second kappa shape index (κ2) is 10.9. The molecule has 8 heteroatoms. The van der Waals surface area contributed by atoms with E-state index in [4.69, 9.17) is 4.74 Å². The third-order valence-corrected chi connectivity index (χ3v) is 7.71. The number of nitrogens with zero attached hydrogens (tertiary/aromatic N) is 2. The molecular weight excluding hydrogens is 462 g/mol. The van der Waals surface area contributed by atoms with Crippen LogP contribution in [0.2, 0.25) is 0 Å². The molecule has 0 spiro atoms. The highest BCUT2D eigenvalue weighted by atomic mass is 32.2. The smallest absolute Gasteiger partial charge is 0.241 e. The van der Waals surface area contributed by atoms with Crippen molar-refractivity contribution in [2.24, 2.45) is 0 Å². The van der Waals surface area contributed by atoms with Crippen molar-refractivity contribution in [2.45, 2.75) is 24.3 Å². The number of sulfonamides is 1. The molecule has 3 aromatic rings. The number of anilines is 1. The highest BCUT2D eigenvalue weighted by molar-refractivity contribution is 7.89. The Morgan fingerprint density at radius 3 is 2.20 bits per heavy atom. The summed E-state index contributed by atoms with van der Waals surface area (Å²) >= 11 is 0. The van der Waals surface area contributed by atoms with E-state index in [0.717, 1.165) is 22.6 Å². The van der Waals surface area contributed by atoms with Crippen LogP contribution in [0.4, 0.5) is 5.69 Å². The molecule has 35 heavy (non-hydrogen) atoms. The average molecular weight is 494 g/mol. The normalized spacial score (nSPS) is 15.0. The first-order valence-corrected chi connectivity index (χ1v) is 13.2. The number of rotatable bonds is 8. The van der Waals surface area contributed by atoms with E-state index in [-0.39, 0.29) is 17.2 Å². The maximum absolute atomic E-state index is 13.6. The van der Waals surface area contributed by atoms with Crippen LogP contribution in [0.15, 0.2) is 83.8 Å². The van der Waals surface area contributed by atoms with E-state index in [9.17, 15) is 13.2 Å². The number of carbonyl (C=O) groups is 1. The molecule has 0 aromatic heterocycles. The minimum Gasteiger partial charge on any atom is -0.495 e. The Hall–Kier alpha value is -3.36. The Bertz CT molecular complexity index is 1240. The molecule has 1 atom stereocenters. The predicted molar refractivity (Wildman–Crippen MR) is 137 cm³/mol. The van der Waals surface area contributed by atoms with Gasteiger partial charge in [-0.25, -0.2) is 8.42 Å². The third kappa shape index (κ3) is 6.01. The number of ether oxygens (including phenoxy) is 1. The molecule has 1 saturated heterocycles. The molecule has 0 unspecified atom stereocenters. The SMILES string of the molecule is COc1ccccc1N1CCN(C(=O)[C@H](Cc2ccccc2)NS(=O)(=O)c2ccc(C)cc2)CC1. The zero-order valence-corrected chi connectivity index (χ0v) is 20.9. The largest absolute Gasteiger partial charge is 0.495 e. The molecule has 1 aliphatic heterocycles. The number of carbonyl (C=O) groups excluding carboxylic acids is 1. The van der Waals surface area contributed by atoms with Gasteiger partial charge in [-0.3, -0.25) is 4.79 Å². The fourth-order valence-electron chi connectivity index (χ4n) is 4.28. The van der Waals surface area contributed by atoms with Gasteiger partial charge in [0.05, 0.1) is 17.7 Å². The number of benzene rings is 3. The summed E-state index contributed by atoms with van der Waals surface area (Å²) in [7, 11) is -2.22. The second-order valence-corrected chi connectivity index (χ2v) is 10.4. The van der Waals surface area contributed by atoms with Crippen molar-refractivity contribution < 1.29 is 17.9 Å².